The number of carbonyl (C=O) groups is 1. The van der Waals surface area contributed by atoms with E-state index in [1.807, 2.05) is 36.4 Å². The van der Waals surface area contributed by atoms with E-state index in [1.54, 1.807) is 24.3 Å². The monoisotopic (exact) mass is 700 g/mol. The first-order valence-corrected chi connectivity index (χ1v) is 15.7. The van der Waals surface area contributed by atoms with Crippen LogP contribution in [-0.2, 0) is 24.8 Å². The molecule has 1 unspecified atom stereocenters. The number of rotatable bonds is 9. The fourth-order valence-corrected chi connectivity index (χ4v) is 7.04. The summed E-state index contributed by atoms with van der Waals surface area (Å²) in [4.78, 5) is 22.1. The molecule has 9 heteroatoms. The van der Waals surface area contributed by atoms with Gasteiger partial charge in [-0.3, -0.25) is 0 Å². The van der Waals surface area contributed by atoms with Crippen LogP contribution >= 0.6 is 31.9 Å². The number of carboxylic acids is 1. The minimum Gasteiger partial charge on any atom is -0.478 e. The van der Waals surface area contributed by atoms with Crippen LogP contribution in [0.4, 0.5) is 0 Å². The maximum absolute atomic E-state index is 12.1. The van der Waals surface area contributed by atoms with Gasteiger partial charge in [-0.15, -0.1) is 0 Å². The first-order chi connectivity index (χ1) is 20.7. The molecule has 218 valence electrons. The summed E-state index contributed by atoms with van der Waals surface area (Å²) in [7, 11) is 2.05. The Labute approximate surface area is 266 Å². The zero-order chi connectivity index (χ0) is 30.2. The minimum absolute atomic E-state index is 0.434. The molecule has 4 aromatic carbocycles. The second-order valence-corrected chi connectivity index (χ2v) is 12.4. The largest absolute Gasteiger partial charge is 0.478 e. The molecule has 0 aliphatic heterocycles. The van der Waals surface area contributed by atoms with Crippen molar-refractivity contribution in [2.75, 3.05) is 0 Å². The van der Waals surface area contributed by atoms with Gasteiger partial charge in [0.1, 0.15) is 17.4 Å². The molecule has 1 N–H and O–H groups in total. The van der Waals surface area contributed by atoms with Gasteiger partial charge in [0.15, 0.2) is 0 Å². The third-order valence-electron chi connectivity index (χ3n) is 7.60. The summed E-state index contributed by atoms with van der Waals surface area (Å²) in [6.07, 6.45) is 0.671. The van der Waals surface area contributed by atoms with E-state index in [1.165, 1.54) is 0 Å². The lowest BCUT2D eigenvalue weighted by molar-refractivity contribution is -0.145. The number of benzene rings is 4. The van der Waals surface area contributed by atoms with E-state index in [-0.39, 0.29) is 0 Å². The van der Waals surface area contributed by atoms with Crippen molar-refractivity contribution in [1.82, 2.24) is 19.1 Å². The Morgan fingerprint density at radius 2 is 1.65 bits per heavy atom. The Morgan fingerprint density at radius 3 is 2.33 bits per heavy atom. The van der Waals surface area contributed by atoms with Crippen LogP contribution < -0.4 is 4.74 Å². The van der Waals surface area contributed by atoms with E-state index in [0.29, 0.717) is 26.8 Å². The van der Waals surface area contributed by atoms with Crippen LogP contribution in [0.1, 0.15) is 42.0 Å². The van der Waals surface area contributed by atoms with Crippen LogP contribution in [0.3, 0.4) is 0 Å². The fraction of sp³-hybridized carbons (Fsp3) is 0.206. The van der Waals surface area contributed by atoms with E-state index in [2.05, 4.69) is 80.1 Å². The number of imidazole rings is 2. The van der Waals surface area contributed by atoms with Crippen molar-refractivity contribution < 1.29 is 14.6 Å². The lowest BCUT2D eigenvalue weighted by atomic mass is 10.1. The molecule has 0 saturated heterocycles. The zero-order valence-corrected chi connectivity index (χ0v) is 27.2. The standard InChI is InChI=1S/C34H30Br2N4O3/c1-4-10-29-38-30-20(2)15-23(33-37-26-13-8-9-14-27(26)39(33)3)18-28(30)40(29)19-21-16-24(35)32(25(36)17-21)43-31(34(41)42)22-11-6-5-7-12-22/h5-9,11-18,31H,4,10,19H2,1-3H3,(H,41,42). The number of carboxylic acid groups (broad SMARTS) is 1. The normalized spacial score (nSPS) is 12.2. The first kappa shape index (κ1) is 29.1. The Hall–Kier alpha value is -3.95. The molecule has 2 aromatic heterocycles. The van der Waals surface area contributed by atoms with Crippen molar-refractivity contribution in [1.29, 1.82) is 0 Å². The summed E-state index contributed by atoms with van der Waals surface area (Å²) in [5, 5.41) is 9.89. The molecule has 0 radical (unpaired) electrons. The number of ether oxygens (including phenoxy) is 1. The van der Waals surface area contributed by atoms with Gasteiger partial charge in [-0.1, -0.05) is 49.4 Å². The Bertz CT molecular complexity index is 1960. The summed E-state index contributed by atoms with van der Waals surface area (Å²) in [5.74, 6) is 1.30. The number of fused-ring (bicyclic) bond motifs is 2. The highest BCUT2D eigenvalue weighted by Crippen LogP contribution is 2.39. The highest BCUT2D eigenvalue weighted by atomic mass is 79.9. The highest BCUT2D eigenvalue weighted by molar-refractivity contribution is 9.11. The van der Waals surface area contributed by atoms with Crippen molar-refractivity contribution in [3.8, 4) is 17.1 Å². The summed E-state index contributed by atoms with van der Waals surface area (Å²) in [6, 6.07) is 25.4. The van der Waals surface area contributed by atoms with Crippen LogP contribution in [-0.4, -0.2) is 30.2 Å². The van der Waals surface area contributed by atoms with E-state index in [4.69, 9.17) is 14.7 Å². The van der Waals surface area contributed by atoms with Crippen LogP contribution in [0.2, 0.25) is 0 Å². The van der Waals surface area contributed by atoms with Crippen molar-refractivity contribution in [3.63, 3.8) is 0 Å². The molecule has 6 rings (SSSR count). The average molecular weight is 702 g/mol. The Balaban J connectivity index is 1.40. The van der Waals surface area contributed by atoms with Crippen molar-refractivity contribution in [2.45, 2.75) is 39.3 Å². The highest BCUT2D eigenvalue weighted by Gasteiger charge is 2.25. The number of aromatic nitrogens is 4. The molecule has 0 saturated carbocycles. The van der Waals surface area contributed by atoms with Crippen molar-refractivity contribution in [2.24, 2.45) is 7.05 Å². The molecule has 6 aromatic rings. The van der Waals surface area contributed by atoms with E-state index in [9.17, 15) is 9.90 Å². The molecule has 0 aliphatic carbocycles. The van der Waals surface area contributed by atoms with Gasteiger partial charge in [0.25, 0.3) is 0 Å². The van der Waals surface area contributed by atoms with Crippen LogP contribution in [0.5, 0.6) is 5.75 Å². The molecular formula is C34H30Br2N4O3. The molecule has 0 spiro atoms. The predicted octanol–water partition coefficient (Wildman–Crippen LogP) is 8.63. The summed E-state index contributed by atoms with van der Waals surface area (Å²) >= 11 is 7.29. The summed E-state index contributed by atoms with van der Waals surface area (Å²) in [5.41, 5.74) is 7.81. The van der Waals surface area contributed by atoms with Crippen molar-refractivity contribution >= 4 is 59.9 Å². The Morgan fingerprint density at radius 1 is 0.953 bits per heavy atom. The number of aryl methyl sites for hydroxylation is 3. The maximum atomic E-state index is 12.1. The smallest absolute Gasteiger partial charge is 0.349 e. The lowest BCUT2D eigenvalue weighted by Crippen LogP contribution is -2.18. The van der Waals surface area contributed by atoms with E-state index in [0.717, 1.165) is 63.2 Å². The predicted molar refractivity (Wildman–Crippen MR) is 177 cm³/mol. The molecule has 7 nitrogen and oxygen atoms in total. The molecule has 43 heavy (non-hydrogen) atoms. The lowest BCUT2D eigenvalue weighted by Gasteiger charge is -2.19. The molecule has 0 bridgehead atoms. The van der Waals surface area contributed by atoms with E-state index < -0.39 is 12.1 Å². The Kier molecular flexibility index (Phi) is 8.11. The number of nitrogens with zero attached hydrogens (tertiary/aromatic N) is 4. The van der Waals surface area contributed by atoms with Gasteiger partial charge in [0.2, 0.25) is 6.10 Å². The van der Waals surface area contributed by atoms with Gasteiger partial charge in [-0.25, -0.2) is 14.8 Å². The second kappa shape index (κ2) is 12.0. The molecular weight excluding hydrogens is 672 g/mol. The quantitative estimate of drug-likeness (QED) is 0.163. The summed E-state index contributed by atoms with van der Waals surface area (Å²) in [6.45, 7) is 4.84. The second-order valence-electron chi connectivity index (χ2n) is 10.6. The molecule has 0 aliphatic rings. The van der Waals surface area contributed by atoms with Gasteiger partial charge >= 0.3 is 5.97 Å². The molecule has 1 atom stereocenters. The van der Waals surface area contributed by atoms with Crippen LogP contribution in [0.25, 0.3) is 33.5 Å². The van der Waals surface area contributed by atoms with Crippen LogP contribution in [0, 0.1) is 6.92 Å². The number of hydrogen-bond acceptors (Lipinski definition) is 4. The number of hydrogen-bond donors (Lipinski definition) is 1. The van der Waals surface area contributed by atoms with Gasteiger partial charge < -0.3 is 19.0 Å². The van der Waals surface area contributed by atoms with Gasteiger partial charge in [0.05, 0.1) is 31.0 Å². The summed E-state index contributed by atoms with van der Waals surface area (Å²) < 4.78 is 11.8. The zero-order valence-electron chi connectivity index (χ0n) is 24.0. The van der Waals surface area contributed by atoms with Crippen molar-refractivity contribution in [3.05, 3.63) is 110 Å². The molecule has 0 fully saturated rings. The molecule has 2 heterocycles. The van der Waals surface area contributed by atoms with Gasteiger partial charge in [-0.2, -0.15) is 0 Å². The first-order valence-electron chi connectivity index (χ1n) is 14.1. The fourth-order valence-electron chi connectivity index (χ4n) is 5.57. The third kappa shape index (κ3) is 5.59. The SMILES string of the molecule is CCCc1nc2c(C)cc(-c3nc4ccccc4n3C)cc2n1Cc1cc(Br)c(OC(C(=O)O)c2ccccc2)c(Br)c1. The van der Waals surface area contributed by atoms with Crippen LogP contribution in [0.15, 0.2) is 87.8 Å². The minimum atomic E-state index is -1.14. The van der Waals surface area contributed by atoms with Gasteiger partial charge in [0, 0.05) is 31.1 Å². The molecule has 0 amide bonds. The number of aliphatic carboxylic acids is 1. The van der Waals surface area contributed by atoms with E-state index >= 15 is 0 Å². The topological polar surface area (TPSA) is 82.2 Å². The number of halogens is 2. The average Bonchev–Trinajstić information content (AvgIpc) is 3.50. The van der Waals surface area contributed by atoms with Gasteiger partial charge in [-0.05, 0) is 92.7 Å². The maximum Gasteiger partial charge on any atom is 0.349 e. The number of para-hydroxylation sites is 2. The third-order valence-corrected chi connectivity index (χ3v) is 8.78.